The van der Waals surface area contributed by atoms with Gasteiger partial charge in [0.05, 0.1) is 44.8 Å². The zero-order valence-electron chi connectivity index (χ0n) is 62.6. The average Bonchev–Trinajstić information content (AvgIpc) is 1.59. The molecule has 6 heterocycles. The topological polar surface area (TPSA) is 139 Å². The molecule has 0 fully saturated rings. The molecule has 12 heteroatoms. The van der Waals surface area contributed by atoms with Gasteiger partial charge in [-0.2, -0.15) is 0 Å². The van der Waals surface area contributed by atoms with Gasteiger partial charge in [0.2, 0.25) is 5.95 Å². The fraction of sp³-hybridized carbons (Fsp3) is 0. The van der Waals surface area contributed by atoms with Crippen LogP contribution in [-0.2, 0) is 0 Å². The highest BCUT2D eigenvalue weighted by Crippen LogP contribution is 2.40. The Hall–Kier alpha value is -15.9. The van der Waals surface area contributed by atoms with E-state index in [2.05, 4.69) is 270 Å². The predicted molar refractivity (Wildman–Crippen MR) is 470 cm³/mol. The van der Waals surface area contributed by atoms with Crippen molar-refractivity contribution >= 4 is 43.6 Å². The number of hydrogen-bond acceptors (Lipinski definition) is 10. The van der Waals surface area contributed by atoms with Gasteiger partial charge in [-0.3, -0.25) is 4.57 Å². The van der Waals surface area contributed by atoms with Gasteiger partial charge < -0.3 is 4.57 Å². The maximum absolute atomic E-state index is 5.26. The lowest BCUT2D eigenvalue weighted by Gasteiger charge is -2.12. The fourth-order valence-corrected chi connectivity index (χ4v) is 15.2. The van der Waals surface area contributed by atoms with E-state index in [-0.39, 0.29) is 0 Å². The van der Waals surface area contributed by atoms with E-state index in [4.69, 9.17) is 49.8 Å². The minimum atomic E-state index is 0.610. The van der Waals surface area contributed by atoms with Crippen LogP contribution < -0.4 is 0 Å². The fourth-order valence-electron chi connectivity index (χ4n) is 15.2. The first-order chi connectivity index (χ1) is 57.5. The summed E-state index contributed by atoms with van der Waals surface area (Å²) in [6.07, 6.45) is 0. The lowest BCUT2D eigenvalue weighted by molar-refractivity contribution is 0.995. The molecule has 544 valence electrons. The predicted octanol–water partition coefficient (Wildman–Crippen LogP) is 25.2. The summed E-state index contributed by atoms with van der Waals surface area (Å²) in [6, 6.07) is 141. The Morgan fingerprint density at radius 2 is 0.397 bits per heavy atom. The van der Waals surface area contributed by atoms with Gasteiger partial charge >= 0.3 is 0 Å². The molecule has 0 spiro atoms. The van der Waals surface area contributed by atoms with Crippen LogP contribution in [0.25, 0.3) is 202 Å². The standard InChI is InChI=1S/C55H36N6.C49H32N6/c1-5-16-38(17-6-1)48-36-49(57-52(56-48)39-18-7-2-8-19-39)43-23-15-22-42(34-43)37-28-30-41(31-29-37)54-58-53(40-20-9-3-10-21-40)59-55(60-54)44-32-33-51-47(35-44)46-26-13-14-27-50(46)61(51)45-24-11-4-12-25-45;1-4-15-34(16-5-1)42-32-43(51-49(50-42)55-44-25-12-10-23-40(44)41-24-11-13-26-45(41)55)39-22-14-21-38(31-39)33-27-29-37(30-28-33)48-53-46(35-17-6-2-7-18-35)52-47(54-48)36-19-8-3-9-20-36/h1-36H;1-32H. The monoisotopic (exact) mass is 1480 g/mol. The van der Waals surface area contributed by atoms with E-state index in [0.29, 0.717) is 46.7 Å². The number of hydrogen-bond donors (Lipinski definition) is 0. The summed E-state index contributed by atoms with van der Waals surface area (Å²) >= 11 is 0. The Labute approximate surface area is 669 Å². The van der Waals surface area contributed by atoms with Crippen LogP contribution in [0.3, 0.4) is 0 Å². The molecule has 12 nitrogen and oxygen atoms in total. The molecule has 0 bridgehead atoms. The molecule has 21 aromatic rings. The molecule has 0 aliphatic carbocycles. The van der Waals surface area contributed by atoms with E-state index in [9.17, 15) is 0 Å². The summed E-state index contributed by atoms with van der Waals surface area (Å²) < 4.78 is 4.49. The van der Waals surface area contributed by atoms with Crippen LogP contribution in [0.5, 0.6) is 0 Å². The molecule has 21 rings (SSSR count). The van der Waals surface area contributed by atoms with Crippen molar-refractivity contribution < 1.29 is 0 Å². The number of nitrogens with zero attached hydrogens (tertiary/aromatic N) is 12. The quantitative estimate of drug-likeness (QED) is 0.0975. The Morgan fingerprint density at radius 1 is 0.138 bits per heavy atom. The van der Waals surface area contributed by atoms with Gasteiger partial charge in [-0.25, -0.2) is 49.8 Å². The largest absolute Gasteiger partial charge is 0.309 e. The Morgan fingerprint density at radius 3 is 0.802 bits per heavy atom. The summed E-state index contributed by atoms with van der Waals surface area (Å²) in [4.78, 5) is 50.4. The smallest absolute Gasteiger partial charge is 0.235 e. The number of aromatic nitrogens is 12. The van der Waals surface area contributed by atoms with Gasteiger partial charge in [0, 0.05) is 88.4 Å². The van der Waals surface area contributed by atoms with Gasteiger partial charge in [0.15, 0.2) is 40.8 Å². The van der Waals surface area contributed by atoms with Crippen LogP contribution >= 0.6 is 0 Å². The summed E-state index contributed by atoms with van der Waals surface area (Å²) in [5, 5.41) is 4.65. The Balaban J connectivity index is 0.000000150. The molecular weight excluding hydrogens is 1420 g/mol. The second-order valence-corrected chi connectivity index (χ2v) is 28.3. The molecule has 0 amide bonds. The van der Waals surface area contributed by atoms with Crippen LogP contribution in [0.4, 0.5) is 0 Å². The maximum Gasteiger partial charge on any atom is 0.235 e. The number of benzene rings is 15. The van der Waals surface area contributed by atoms with E-state index in [1.807, 2.05) is 152 Å². The molecule has 0 saturated carbocycles. The van der Waals surface area contributed by atoms with E-state index in [1.165, 1.54) is 16.2 Å². The maximum atomic E-state index is 5.26. The molecule has 0 aliphatic rings. The number of para-hydroxylation sites is 4. The van der Waals surface area contributed by atoms with Crippen molar-refractivity contribution in [3.8, 4) is 159 Å². The third-order valence-electron chi connectivity index (χ3n) is 21.0. The molecule has 0 N–H and O–H groups in total. The van der Waals surface area contributed by atoms with E-state index < -0.39 is 0 Å². The van der Waals surface area contributed by atoms with Gasteiger partial charge in [-0.1, -0.05) is 340 Å². The molecule has 0 atom stereocenters. The molecule has 0 aliphatic heterocycles. The third-order valence-corrected chi connectivity index (χ3v) is 21.0. The minimum Gasteiger partial charge on any atom is -0.309 e. The first-order valence-electron chi connectivity index (χ1n) is 38.6. The molecule has 0 unspecified atom stereocenters. The van der Waals surface area contributed by atoms with Crippen LogP contribution in [0.15, 0.2) is 413 Å². The summed E-state index contributed by atoms with van der Waals surface area (Å²) in [6.45, 7) is 0. The highest BCUT2D eigenvalue weighted by atomic mass is 15.2. The van der Waals surface area contributed by atoms with Gasteiger partial charge in [0.1, 0.15) is 0 Å². The van der Waals surface area contributed by atoms with Crippen LogP contribution in [0.1, 0.15) is 0 Å². The van der Waals surface area contributed by atoms with Gasteiger partial charge in [-0.15, -0.1) is 0 Å². The molecule has 6 aromatic heterocycles. The number of rotatable bonds is 15. The van der Waals surface area contributed by atoms with Crippen molar-refractivity contribution in [2.24, 2.45) is 0 Å². The van der Waals surface area contributed by atoms with E-state index >= 15 is 0 Å². The van der Waals surface area contributed by atoms with Crippen LogP contribution in [-0.4, -0.2) is 59.0 Å². The highest BCUT2D eigenvalue weighted by Gasteiger charge is 2.22. The average molecular weight is 1490 g/mol. The molecule has 116 heavy (non-hydrogen) atoms. The highest BCUT2D eigenvalue weighted by molar-refractivity contribution is 6.11. The normalized spacial score (nSPS) is 11.3. The van der Waals surface area contributed by atoms with Crippen molar-refractivity contribution in [2.75, 3.05) is 0 Å². The van der Waals surface area contributed by atoms with Crippen molar-refractivity contribution in [3.63, 3.8) is 0 Å². The van der Waals surface area contributed by atoms with Crippen molar-refractivity contribution in [1.82, 2.24) is 59.0 Å². The van der Waals surface area contributed by atoms with Crippen LogP contribution in [0.2, 0.25) is 0 Å². The SMILES string of the molecule is c1ccc(-c2cc(-c3cccc(-c4ccc(-c5nc(-c6ccccc6)nc(-c6ccc7c(c6)c6ccccc6n7-c6ccccc6)n5)cc4)c3)nc(-c3ccccc3)n2)cc1.c1ccc(-c2cc(-c3cccc(-c4ccc(-c5nc(-c6ccccc6)nc(-c6ccccc6)n5)cc4)c3)nc(-n3c4ccccc4c4ccccc43)n2)cc1. The Bertz CT molecular complexity index is 6980. The zero-order valence-corrected chi connectivity index (χ0v) is 62.6. The minimum absolute atomic E-state index is 0.610. The van der Waals surface area contributed by atoms with E-state index in [0.717, 1.165) is 139 Å². The second kappa shape index (κ2) is 30.7. The van der Waals surface area contributed by atoms with Crippen molar-refractivity contribution in [2.45, 2.75) is 0 Å². The second-order valence-electron chi connectivity index (χ2n) is 28.3. The zero-order chi connectivity index (χ0) is 77.1. The molecule has 0 radical (unpaired) electrons. The first-order valence-corrected chi connectivity index (χ1v) is 38.6. The molecule has 0 saturated heterocycles. The molecular formula is C104H68N12. The third kappa shape index (κ3) is 13.9. The van der Waals surface area contributed by atoms with Crippen molar-refractivity contribution in [3.05, 3.63) is 413 Å². The van der Waals surface area contributed by atoms with Gasteiger partial charge in [0.25, 0.3) is 0 Å². The number of fused-ring (bicyclic) bond motifs is 6. The lowest BCUT2D eigenvalue weighted by atomic mass is 9.99. The van der Waals surface area contributed by atoms with E-state index in [1.54, 1.807) is 0 Å². The van der Waals surface area contributed by atoms with Gasteiger partial charge in [-0.05, 0) is 95.1 Å². The first kappa shape index (κ1) is 69.3. The van der Waals surface area contributed by atoms with Crippen LogP contribution in [0, 0.1) is 0 Å². The summed E-state index contributed by atoms with van der Waals surface area (Å²) in [5.41, 5.74) is 23.9. The molecule has 15 aromatic carbocycles. The Kier molecular flexibility index (Phi) is 18.4. The summed E-state index contributed by atoms with van der Waals surface area (Å²) in [5.74, 6) is 5.08. The lowest BCUT2D eigenvalue weighted by Crippen LogP contribution is -2.04. The van der Waals surface area contributed by atoms with Crippen molar-refractivity contribution in [1.29, 1.82) is 0 Å². The summed E-state index contributed by atoms with van der Waals surface area (Å²) in [7, 11) is 0.